The van der Waals surface area contributed by atoms with Gasteiger partial charge < -0.3 is 5.11 Å². The van der Waals surface area contributed by atoms with Crippen LogP contribution in [-0.2, 0) is 4.79 Å². The largest absolute Gasteiger partial charge is 0.478 e. The molecule has 0 fully saturated rings. The Balaban J connectivity index is 4.31. The van der Waals surface area contributed by atoms with Gasteiger partial charge in [0.15, 0.2) is 0 Å². The molecule has 1 N–H and O–H groups in total. The van der Waals surface area contributed by atoms with Gasteiger partial charge in [-0.3, -0.25) is 0 Å². The lowest BCUT2D eigenvalue weighted by Gasteiger charge is -1.93. The molecule has 0 atom stereocenters. The number of rotatable bonds is 4. The third kappa shape index (κ3) is 4.14. The molecule has 0 aliphatic rings. The van der Waals surface area contributed by atoms with Crippen LogP contribution in [0.2, 0.25) is 0 Å². The van der Waals surface area contributed by atoms with E-state index in [0.29, 0.717) is 12.0 Å². The molecule has 0 saturated carbocycles. The molecular formula is C9H12O2. The highest BCUT2D eigenvalue weighted by molar-refractivity contribution is 5.87. The van der Waals surface area contributed by atoms with E-state index in [2.05, 4.69) is 6.58 Å². The highest BCUT2D eigenvalue weighted by Crippen LogP contribution is 2.01. The molecule has 0 radical (unpaired) electrons. The van der Waals surface area contributed by atoms with Gasteiger partial charge in [-0.1, -0.05) is 24.3 Å². The summed E-state index contributed by atoms with van der Waals surface area (Å²) in [5.74, 6) is -0.886. The molecule has 0 aromatic carbocycles. The molecule has 0 bridgehead atoms. The number of carboxylic acid groups (broad SMARTS) is 1. The topological polar surface area (TPSA) is 37.3 Å². The summed E-state index contributed by atoms with van der Waals surface area (Å²) < 4.78 is 0. The average Bonchev–Trinajstić information content (AvgIpc) is 1.97. The van der Waals surface area contributed by atoms with Crippen LogP contribution < -0.4 is 0 Å². The molecule has 0 amide bonds. The van der Waals surface area contributed by atoms with Gasteiger partial charge >= 0.3 is 5.97 Å². The van der Waals surface area contributed by atoms with Crippen molar-refractivity contribution < 1.29 is 9.90 Å². The Morgan fingerprint density at radius 3 is 2.64 bits per heavy atom. The second-order valence-electron chi connectivity index (χ2n) is 2.02. The fourth-order valence-corrected chi connectivity index (χ4v) is 0.595. The molecule has 0 aliphatic carbocycles. The van der Waals surface area contributed by atoms with E-state index >= 15 is 0 Å². The van der Waals surface area contributed by atoms with Gasteiger partial charge in [-0.05, 0) is 13.3 Å². The third-order valence-corrected chi connectivity index (χ3v) is 1.13. The number of carbonyl (C=O) groups is 1. The van der Waals surface area contributed by atoms with Gasteiger partial charge in [0.25, 0.3) is 0 Å². The maximum Gasteiger partial charge on any atom is 0.331 e. The lowest BCUT2D eigenvalue weighted by molar-refractivity contribution is -0.132. The molecule has 0 unspecified atom stereocenters. The first kappa shape index (κ1) is 9.69. The Labute approximate surface area is 66.5 Å². The Morgan fingerprint density at radius 1 is 1.64 bits per heavy atom. The van der Waals surface area contributed by atoms with E-state index in [1.165, 1.54) is 0 Å². The van der Waals surface area contributed by atoms with Crippen LogP contribution in [0.15, 0.2) is 36.5 Å². The van der Waals surface area contributed by atoms with Crippen LogP contribution in [0.4, 0.5) is 0 Å². The molecule has 0 rings (SSSR count). The predicted octanol–water partition coefficient (Wildman–Crippen LogP) is 2.15. The van der Waals surface area contributed by atoms with E-state index in [1.54, 1.807) is 24.3 Å². The molecule has 60 valence electrons. The van der Waals surface area contributed by atoms with Gasteiger partial charge in [0.05, 0.1) is 0 Å². The third-order valence-electron chi connectivity index (χ3n) is 1.13. The smallest absolute Gasteiger partial charge is 0.331 e. The monoisotopic (exact) mass is 152 g/mol. The number of aliphatic carboxylic acids is 1. The van der Waals surface area contributed by atoms with Crippen LogP contribution in [-0.4, -0.2) is 11.1 Å². The van der Waals surface area contributed by atoms with Crippen molar-refractivity contribution in [3.05, 3.63) is 36.5 Å². The predicted molar refractivity (Wildman–Crippen MR) is 45.3 cm³/mol. The zero-order valence-electron chi connectivity index (χ0n) is 6.58. The van der Waals surface area contributed by atoms with Crippen LogP contribution in [0.25, 0.3) is 0 Å². The van der Waals surface area contributed by atoms with Crippen LogP contribution >= 0.6 is 0 Å². The minimum absolute atomic E-state index is 0.359. The zero-order valence-corrected chi connectivity index (χ0v) is 6.58. The standard InChI is InChI=1S/C9H12O2/c1-3-5-7-8(6-4-2)9(10)11/h3-5,7H,2,6H2,1H3,(H,10,11). The SMILES string of the molecule is C=CCC(=CC=CC)C(=O)O. The first-order chi connectivity index (χ1) is 5.22. The fraction of sp³-hybridized carbons (Fsp3) is 0.222. The van der Waals surface area contributed by atoms with Gasteiger partial charge in [-0.25, -0.2) is 4.79 Å². The molecule has 0 aliphatic heterocycles. The van der Waals surface area contributed by atoms with E-state index in [0.717, 1.165) is 0 Å². The maximum absolute atomic E-state index is 10.4. The molecule has 11 heavy (non-hydrogen) atoms. The number of allylic oxidation sites excluding steroid dienone is 4. The molecule has 2 heteroatoms. The van der Waals surface area contributed by atoms with Gasteiger partial charge in [0.1, 0.15) is 0 Å². The lowest BCUT2D eigenvalue weighted by Crippen LogP contribution is -1.98. The summed E-state index contributed by atoms with van der Waals surface area (Å²) in [4.78, 5) is 10.4. The minimum Gasteiger partial charge on any atom is -0.478 e. The molecule has 0 spiro atoms. The van der Waals surface area contributed by atoms with Crippen LogP contribution in [0.5, 0.6) is 0 Å². The van der Waals surface area contributed by atoms with Crippen molar-refractivity contribution in [2.45, 2.75) is 13.3 Å². The highest BCUT2D eigenvalue weighted by Gasteiger charge is 2.01. The second-order valence-corrected chi connectivity index (χ2v) is 2.02. The molecule has 0 aromatic heterocycles. The summed E-state index contributed by atoms with van der Waals surface area (Å²) in [6.07, 6.45) is 7.03. The minimum atomic E-state index is -0.886. The molecular weight excluding hydrogens is 140 g/mol. The fourth-order valence-electron chi connectivity index (χ4n) is 0.595. The summed E-state index contributed by atoms with van der Waals surface area (Å²) in [5, 5.41) is 8.58. The quantitative estimate of drug-likeness (QED) is 0.380. The molecule has 2 nitrogen and oxygen atoms in total. The number of hydrogen-bond donors (Lipinski definition) is 1. The van der Waals surface area contributed by atoms with Gasteiger partial charge in [-0.2, -0.15) is 0 Å². The average molecular weight is 152 g/mol. The number of hydrogen-bond acceptors (Lipinski definition) is 1. The van der Waals surface area contributed by atoms with Gasteiger partial charge in [0, 0.05) is 5.57 Å². The summed E-state index contributed by atoms with van der Waals surface area (Å²) >= 11 is 0. The van der Waals surface area contributed by atoms with Crippen molar-refractivity contribution in [1.82, 2.24) is 0 Å². The Bertz CT molecular complexity index is 200. The van der Waals surface area contributed by atoms with E-state index in [1.807, 2.05) is 6.92 Å². The summed E-state index contributed by atoms with van der Waals surface area (Å²) in [6.45, 7) is 5.30. The second kappa shape index (κ2) is 5.47. The van der Waals surface area contributed by atoms with Crippen molar-refractivity contribution in [1.29, 1.82) is 0 Å². The Morgan fingerprint density at radius 2 is 2.27 bits per heavy atom. The first-order valence-corrected chi connectivity index (χ1v) is 3.38. The van der Waals surface area contributed by atoms with Crippen LogP contribution in [0.3, 0.4) is 0 Å². The van der Waals surface area contributed by atoms with Gasteiger partial charge in [-0.15, -0.1) is 6.58 Å². The molecule has 0 saturated heterocycles. The lowest BCUT2D eigenvalue weighted by atomic mass is 10.2. The summed E-state index contributed by atoms with van der Waals surface area (Å²) in [6, 6.07) is 0. The Hall–Kier alpha value is -1.31. The summed E-state index contributed by atoms with van der Waals surface area (Å²) in [7, 11) is 0. The zero-order chi connectivity index (χ0) is 8.69. The van der Waals surface area contributed by atoms with Crippen molar-refractivity contribution in [2.75, 3.05) is 0 Å². The van der Waals surface area contributed by atoms with Crippen molar-refractivity contribution in [3.8, 4) is 0 Å². The molecule has 0 heterocycles. The molecule has 0 aromatic rings. The van der Waals surface area contributed by atoms with E-state index < -0.39 is 5.97 Å². The van der Waals surface area contributed by atoms with Crippen molar-refractivity contribution >= 4 is 5.97 Å². The van der Waals surface area contributed by atoms with E-state index in [4.69, 9.17) is 5.11 Å². The van der Waals surface area contributed by atoms with Crippen molar-refractivity contribution in [3.63, 3.8) is 0 Å². The normalized spacial score (nSPS) is 11.9. The van der Waals surface area contributed by atoms with Crippen LogP contribution in [0, 0.1) is 0 Å². The Kier molecular flexibility index (Phi) is 4.82. The first-order valence-electron chi connectivity index (χ1n) is 3.38. The van der Waals surface area contributed by atoms with Crippen molar-refractivity contribution in [2.24, 2.45) is 0 Å². The van der Waals surface area contributed by atoms with Gasteiger partial charge in [0.2, 0.25) is 0 Å². The summed E-state index contributed by atoms with van der Waals surface area (Å²) in [5.41, 5.74) is 0.359. The highest BCUT2D eigenvalue weighted by atomic mass is 16.4. The van der Waals surface area contributed by atoms with E-state index in [9.17, 15) is 4.79 Å². The maximum atomic E-state index is 10.4. The number of carboxylic acids is 1. The van der Waals surface area contributed by atoms with E-state index in [-0.39, 0.29) is 0 Å². The van der Waals surface area contributed by atoms with Crippen LogP contribution in [0.1, 0.15) is 13.3 Å².